The molecule has 2 aromatic carbocycles. The summed E-state index contributed by atoms with van der Waals surface area (Å²) in [6, 6.07) is 11.4. The Hall–Kier alpha value is -2.67. The Balaban J connectivity index is 1.85. The molecule has 0 unspecified atom stereocenters. The molecule has 3 N–H and O–H groups in total. The molecule has 0 heterocycles. The van der Waals surface area contributed by atoms with Crippen molar-refractivity contribution in [2.45, 2.75) is 26.4 Å². The summed E-state index contributed by atoms with van der Waals surface area (Å²) in [5.41, 5.74) is 1.86. The maximum Gasteiger partial charge on any atom is 0.319 e. The average Bonchev–Trinajstić information content (AvgIpc) is 2.61. The van der Waals surface area contributed by atoms with Gasteiger partial charge in [-0.1, -0.05) is 28.1 Å². The fourth-order valence-corrected chi connectivity index (χ4v) is 2.57. The lowest BCUT2D eigenvalue weighted by Crippen LogP contribution is -2.34. The number of amides is 3. The van der Waals surface area contributed by atoms with Crippen molar-refractivity contribution < 1.29 is 14.0 Å². The molecule has 0 saturated heterocycles. The maximum absolute atomic E-state index is 13.6. The fraction of sp³-hybridized carbons (Fsp3) is 0.200. The molecular weight excluding hydrogens is 413 g/mol. The van der Waals surface area contributed by atoms with E-state index in [1.54, 1.807) is 24.3 Å². The second-order valence-corrected chi connectivity index (χ2v) is 7.08. The molecule has 3 amide bonds. The lowest BCUT2D eigenvalue weighted by Gasteiger charge is -2.10. The molecule has 7 heteroatoms. The van der Waals surface area contributed by atoms with Crippen molar-refractivity contribution in [3.05, 3.63) is 70.0 Å². The van der Waals surface area contributed by atoms with Gasteiger partial charge in [-0.2, -0.15) is 0 Å². The van der Waals surface area contributed by atoms with Crippen LogP contribution in [0.2, 0.25) is 0 Å². The number of carbonyl (C=O) groups excluding carboxylic acids is 2. The minimum Gasteiger partial charge on any atom is -0.348 e. The molecule has 2 rings (SSSR count). The third-order valence-electron chi connectivity index (χ3n) is 3.47. The number of urea groups is 1. The molecule has 0 spiro atoms. The standard InChI is InChI=1S/C20H21BrFN3O2/c1-13(2)24-20(27)25-17-7-3-14(4-8-17)12-23-19(26)10-5-15-11-16(21)6-9-18(15)22/h3-11,13H,12H2,1-2H3,(H,23,26)(H2,24,25,27)/b10-5+. The molecule has 0 aliphatic carbocycles. The van der Waals surface area contributed by atoms with E-state index in [1.165, 1.54) is 18.2 Å². The molecule has 0 atom stereocenters. The zero-order chi connectivity index (χ0) is 19.8. The van der Waals surface area contributed by atoms with Crippen LogP contribution in [0.5, 0.6) is 0 Å². The first-order chi connectivity index (χ1) is 12.8. The van der Waals surface area contributed by atoms with E-state index in [4.69, 9.17) is 0 Å². The molecule has 0 saturated carbocycles. The molecule has 0 radical (unpaired) electrons. The van der Waals surface area contributed by atoms with Gasteiger partial charge in [0.15, 0.2) is 0 Å². The number of hydrogen-bond acceptors (Lipinski definition) is 2. The van der Waals surface area contributed by atoms with Crippen LogP contribution in [0.15, 0.2) is 53.0 Å². The second kappa shape index (κ2) is 9.87. The third-order valence-corrected chi connectivity index (χ3v) is 3.96. The van der Waals surface area contributed by atoms with Crippen LogP contribution in [0, 0.1) is 5.82 Å². The summed E-state index contributed by atoms with van der Waals surface area (Å²) >= 11 is 3.27. The molecule has 0 fully saturated rings. The maximum atomic E-state index is 13.6. The van der Waals surface area contributed by atoms with Gasteiger partial charge in [0.05, 0.1) is 0 Å². The van der Waals surface area contributed by atoms with E-state index < -0.39 is 5.82 Å². The van der Waals surface area contributed by atoms with Gasteiger partial charge in [0.2, 0.25) is 5.91 Å². The minimum atomic E-state index is -0.396. The van der Waals surface area contributed by atoms with E-state index in [9.17, 15) is 14.0 Å². The van der Waals surface area contributed by atoms with Gasteiger partial charge in [-0.05, 0) is 55.8 Å². The predicted octanol–water partition coefficient (Wildman–Crippen LogP) is 4.45. The summed E-state index contributed by atoms with van der Waals surface area (Å²) in [6.07, 6.45) is 2.72. The Labute approximate surface area is 166 Å². The summed E-state index contributed by atoms with van der Waals surface area (Å²) in [6.45, 7) is 4.08. The average molecular weight is 434 g/mol. The van der Waals surface area contributed by atoms with Gasteiger partial charge in [-0.25, -0.2) is 9.18 Å². The quantitative estimate of drug-likeness (QED) is 0.588. The highest BCUT2D eigenvalue weighted by Gasteiger charge is 2.04. The van der Waals surface area contributed by atoms with Gasteiger partial charge < -0.3 is 16.0 Å². The Bertz CT molecular complexity index is 836. The zero-order valence-corrected chi connectivity index (χ0v) is 16.6. The largest absolute Gasteiger partial charge is 0.348 e. The van der Waals surface area contributed by atoms with E-state index in [0.29, 0.717) is 17.8 Å². The number of hydrogen-bond donors (Lipinski definition) is 3. The van der Waals surface area contributed by atoms with Gasteiger partial charge in [-0.3, -0.25) is 4.79 Å². The highest BCUT2D eigenvalue weighted by atomic mass is 79.9. The van der Waals surface area contributed by atoms with Crippen LogP contribution in [0.4, 0.5) is 14.9 Å². The molecule has 27 heavy (non-hydrogen) atoms. The first-order valence-corrected chi connectivity index (χ1v) is 9.20. The van der Waals surface area contributed by atoms with E-state index >= 15 is 0 Å². The van der Waals surface area contributed by atoms with Crippen LogP contribution >= 0.6 is 15.9 Å². The van der Waals surface area contributed by atoms with Crippen molar-refractivity contribution in [2.24, 2.45) is 0 Å². The van der Waals surface area contributed by atoms with Crippen molar-refractivity contribution in [1.29, 1.82) is 0 Å². The highest BCUT2D eigenvalue weighted by Crippen LogP contribution is 2.16. The molecule has 0 aliphatic rings. The number of halogens is 2. The number of anilines is 1. The summed E-state index contributed by atoms with van der Waals surface area (Å²) in [5.74, 6) is -0.722. The molecule has 2 aromatic rings. The summed E-state index contributed by atoms with van der Waals surface area (Å²) in [4.78, 5) is 23.5. The molecule has 142 valence electrons. The van der Waals surface area contributed by atoms with Crippen molar-refractivity contribution in [3.8, 4) is 0 Å². The van der Waals surface area contributed by atoms with Gasteiger partial charge in [0.25, 0.3) is 0 Å². The van der Waals surface area contributed by atoms with E-state index in [1.807, 2.05) is 26.0 Å². The number of nitrogens with one attached hydrogen (secondary N) is 3. The lowest BCUT2D eigenvalue weighted by molar-refractivity contribution is -0.116. The van der Waals surface area contributed by atoms with E-state index in [0.717, 1.165) is 10.0 Å². The van der Waals surface area contributed by atoms with Crippen molar-refractivity contribution in [3.63, 3.8) is 0 Å². The topological polar surface area (TPSA) is 70.2 Å². The molecule has 5 nitrogen and oxygen atoms in total. The number of benzene rings is 2. The van der Waals surface area contributed by atoms with Gasteiger partial charge in [0.1, 0.15) is 5.82 Å². The summed E-state index contributed by atoms with van der Waals surface area (Å²) in [5, 5.41) is 8.19. The van der Waals surface area contributed by atoms with Crippen molar-refractivity contribution in [2.75, 3.05) is 5.32 Å². The number of rotatable bonds is 6. The SMILES string of the molecule is CC(C)NC(=O)Nc1ccc(CNC(=O)/C=C/c2cc(Br)ccc2F)cc1. The Morgan fingerprint density at radius 1 is 1.15 bits per heavy atom. The number of carbonyl (C=O) groups is 2. The zero-order valence-electron chi connectivity index (χ0n) is 15.1. The van der Waals surface area contributed by atoms with Crippen LogP contribution in [0.1, 0.15) is 25.0 Å². The van der Waals surface area contributed by atoms with Gasteiger partial charge >= 0.3 is 6.03 Å². The fourth-order valence-electron chi connectivity index (χ4n) is 2.19. The monoisotopic (exact) mass is 433 g/mol. The van der Waals surface area contributed by atoms with Crippen molar-refractivity contribution >= 4 is 39.6 Å². The Morgan fingerprint density at radius 3 is 2.52 bits per heavy atom. The van der Waals surface area contributed by atoms with Crippen LogP contribution in [-0.2, 0) is 11.3 Å². The predicted molar refractivity (Wildman–Crippen MR) is 109 cm³/mol. The van der Waals surface area contributed by atoms with E-state index in [2.05, 4.69) is 31.9 Å². The second-order valence-electron chi connectivity index (χ2n) is 6.17. The molecule has 0 bridgehead atoms. The van der Waals surface area contributed by atoms with Gasteiger partial charge in [0, 0.05) is 34.4 Å². The first-order valence-electron chi connectivity index (χ1n) is 8.41. The molecular formula is C20H21BrFN3O2. The van der Waals surface area contributed by atoms with Crippen molar-refractivity contribution in [1.82, 2.24) is 10.6 Å². The Morgan fingerprint density at radius 2 is 1.85 bits per heavy atom. The van der Waals surface area contributed by atoms with Crippen LogP contribution in [-0.4, -0.2) is 18.0 Å². The van der Waals surface area contributed by atoms with Crippen LogP contribution in [0.25, 0.3) is 6.08 Å². The van der Waals surface area contributed by atoms with E-state index in [-0.39, 0.29) is 18.0 Å². The lowest BCUT2D eigenvalue weighted by atomic mass is 10.2. The summed E-state index contributed by atoms with van der Waals surface area (Å²) < 4.78 is 14.4. The first kappa shape index (κ1) is 20.6. The minimum absolute atomic E-state index is 0.0537. The Kier molecular flexibility index (Phi) is 7.55. The highest BCUT2D eigenvalue weighted by molar-refractivity contribution is 9.10. The molecule has 0 aromatic heterocycles. The summed E-state index contributed by atoms with van der Waals surface area (Å²) in [7, 11) is 0. The molecule has 0 aliphatic heterocycles. The van der Waals surface area contributed by atoms with Crippen LogP contribution < -0.4 is 16.0 Å². The normalized spacial score (nSPS) is 10.9. The van der Waals surface area contributed by atoms with Crippen LogP contribution in [0.3, 0.4) is 0 Å². The van der Waals surface area contributed by atoms with Gasteiger partial charge in [-0.15, -0.1) is 0 Å². The third kappa shape index (κ3) is 7.22. The smallest absolute Gasteiger partial charge is 0.319 e.